The summed E-state index contributed by atoms with van der Waals surface area (Å²) in [6, 6.07) is 5.34. The Kier molecular flexibility index (Phi) is 2.96. The summed E-state index contributed by atoms with van der Waals surface area (Å²) in [6.45, 7) is 2.75. The molecule has 0 amide bonds. The monoisotopic (exact) mass is 281 g/mol. The summed E-state index contributed by atoms with van der Waals surface area (Å²) < 4.78 is 39.6. The Morgan fingerprint density at radius 1 is 1.25 bits per heavy atom. The standard InChI is InChI=1S/C14H14F3N3/c1-9-8-19-20-12(6-7-18-13(9)20)10-2-4-11(5-3-10)14(15,16)17/h2-5,8,12,18H,6-7H2,1H3. The van der Waals surface area contributed by atoms with Crippen molar-refractivity contribution < 1.29 is 13.2 Å². The van der Waals surface area contributed by atoms with Crippen molar-refractivity contribution in [2.24, 2.45) is 0 Å². The minimum atomic E-state index is -4.29. The molecule has 0 saturated carbocycles. The molecule has 1 aliphatic rings. The van der Waals surface area contributed by atoms with Gasteiger partial charge in [0.05, 0.1) is 17.8 Å². The van der Waals surface area contributed by atoms with Crippen molar-refractivity contribution in [3.05, 3.63) is 47.2 Å². The molecule has 1 unspecified atom stereocenters. The van der Waals surface area contributed by atoms with Gasteiger partial charge in [-0.05, 0) is 31.0 Å². The predicted molar refractivity (Wildman–Crippen MR) is 69.7 cm³/mol. The second-order valence-corrected chi connectivity index (χ2v) is 4.97. The molecule has 1 atom stereocenters. The molecule has 3 rings (SSSR count). The molecule has 106 valence electrons. The maximum absolute atomic E-state index is 12.6. The lowest BCUT2D eigenvalue weighted by atomic mass is 10.0. The van der Waals surface area contributed by atoms with Gasteiger partial charge in [0.25, 0.3) is 0 Å². The lowest BCUT2D eigenvalue weighted by Crippen LogP contribution is -2.24. The van der Waals surface area contributed by atoms with Crippen LogP contribution in [-0.2, 0) is 6.18 Å². The highest BCUT2D eigenvalue weighted by Crippen LogP contribution is 2.33. The van der Waals surface area contributed by atoms with Crippen LogP contribution in [0.25, 0.3) is 0 Å². The van der Waals surface area contributed by atoms with Crippen LogP contribution in [0.4, 0.5) is 19.0 Å². The zero-order valence-electron chi connectivity index (χ0n) is 10.9. The van der Waals surface area contributed by atoms with Gasteiger partial charge in [-0.25, -0.2) is 4.68 Å². The van der Waals surface area contributed by atoms with Gasteiger partial charge in [-0.2, -0.15) is 18.3 Å². The zero-order chi connectivity index (χ0) is 14.3. The normalized spacial score (nSPS) is 18.5. The number of hydrogen-bond donors (Lipinski definition) is 1. The quantitative estimate of drug-likeness (QED) is 0.865. The van der Waals surface area contributed by atoms with Crippen LogP contribution in [0.15, 0.2) is 30.5 Å². The number of nitrogens with zero attached hydrogens (tertiary/aromatic N) is 2. The van der Waals surface area contributed by atoms with E-state index >= 15 is 0 Å². The fraction of sp³-hybridized carbons (Fsp3) is 0.357. The van der Waals surface area contributed by atoms with Crippen LogP contribution >= 0.6 is 0 Å². The second-order valence-electron chi connectivity index (χ2n) is 4.97. The van der Waals surface area contributed by atoms with Crippen LogP contribution in [0.2, 0.25) is 0 Å². The molecule has 20 heavy (non-hydrogen) atoms. The highest BCUT2D eigenvalue weighted by molar-refractivity contribution is 5.46. The molecule has 1 aromatic carbocycles. The fourth-order valence-corrected chi connectivity index (χ4v) is 2.56. The number of halogens is 3. The number of hydrogen-bond acceptors (Lipinski definition) is 2. The SMILES string of the molecule is Cc1cnn2c1NCCC2c1ccc(C(F)(F)F)cc1. The average molecular weight is 281 g/mol. The number of alkyl halides is 3. The Bertz CT molecular complexity index is 614. The number of fused-ring (bicyclic) bond motifs is 1. The first-order valence-corrected chi connectivity index (χ1v) is 6.42. The van der Waals surface area contributed by atoms with E-state index in [-0.39, 0.29) is 6.04 Å². The number of benzene rings is 1. The van der Waals surface area contributed by atoms with Crippen LogP contribution in [0, 0.1) is 6.92 Å². The van der Waals surface area contributed by atoms with E-state index in [1.165, 1.54) is 0 Å². The summed E-state index contributed by atoms with van der Waals surface area (Å²) in [5, 5.41) is 7.58. The van der Waals surface area contributed by atoms with E-state index in [1.54, 1.807) is 18.3 Å². The van der Waals surface area contributed by atoms with Gasteiger partial charge >= 0.3 is 6.18 Å². The van der Waals surface area contributed by atoms with Gasteiger partial charge in [-0.3, -0.25) is 0 Å². The van der Waals surface area contributed by atoms with Gasteiger partial charge in [0.1, 0.15) is 5.82 Å². The van der Waals surface area contributed by atoms with E-state index in [0.717, 1.165) is 42.0 Å². The van der Waals surface area contributed by atoms with Crippen molar-refractivity contribution in [1.29, 1.82) is 0 Å². The van der Waals surface area contributed by atoms with Crippen LogP contribution < -0.4 is 5.32 Å². The minimum Gasteiger partial charge on any atom is -0.370 e. The van der Waals surface area contributed by atoms with Crippen molar-refractivity contribution in [1.82, 2.24) is 9.78 Å². The lowest BCUT2D eigenvalue weighted by molar-refractivity contribution is -0.137. The maximum atomic E-state index is 12.6. The second kappa shape index (κ2) is 4.54. The molecule has 0 aliphatic carbocycles. The molecule has 2 aromatic rings. The molecule has 1 N–H and O–H groups in total. The third-order valence-corrected chi connectivity index (χ3v) is 3.61. The van der Waals surface area contributed by atoms with Crippen molar-refractivity contribution in [3.63, 3.8) is 0 Å². The van der Waals surface area contributed by atoms with E-state index in [2.05, 4.69) is 10.4 Å². The van der Waals surface area contributed by atoms with Crippen LogP contribution in [-0.4, -0.2) is 16.3 Å². The van der Waals surface area contributed by atoms with Crippen LogP contribution in [0.1, 0.15) is 29.2 Å². The van der Waals surface area contributed by atoms with Crippen molar-refractivity contribution in [2.75, 3.05) is 11.9 Å². The molecule has 0 bridgehead atoms. The number of rotatable bonds is 1. The molecule has 1 aliphatic heterocycles. The Balaban J connectivity index is 1.95. The highest BCUT2D eigenvalue weighted by Gasteiger charge is 2.31. The van der Waals surface area contributed by atoms with E-state index < -0.39 is 11.7 Å². The molecule has 0 saturated heterocycles. The third kappa shape index (κ3) is 2.15. The average Bonchev–Trinajstić information content (AvgIpc) is 2.80. The lowest BCUT2D eigenvalue weighted by Gasteiger charge is -2.26. The third-order valence-electron chi connectivity index (χ3n) is 3.61. The number of nitrogens with one attached hydrogen (secondary N) is 1. The fourth-order valence-electron chi connectivity index (χ4n) is 2.56. The van der Waals surface area contributed by atoms with Crippen LogP contribution in [0.5, 0.6) is 0 Å². The van der Waals surface area contributed by atoms with Gasteiger partial charge in [0.2, 0.25) is 0 Å². The summed E-state index contributed by atoms with van der Waals surface area (Å²) in [5.74, 6) is 0.946. The predicted octanol–water partition coefficient (Wildman–Crippen LogP) is 3.62. The summed E-state index contributed by atoms with van der Waals surface area (Å²) in [7, 11) is 0. The number of anilines is 1. The molecule has 2 heterocycles. The summed E-state index contributed by atoms with van der Waals surface area (Å²) >= 11 is 0. The number of aryl methyl sites for hydroxylation is 1. The summed E-state index contributed by atoms with van der Waals surface area (Å²) in [5.41, 5.74) is 1.28. The van der Waals surface area contributed by atoms with Crippen molar-refractivity contribution >= 4 is 5.82 Å². The first-order chi connectivity index (χ1) is 9.47. The Morgan fingerprint density at radius 2 is 1.95 bits per heavy atom. The largest absolute Gasteiger partial charge is 0.416 e. The van der Waals surface area contributed by atoms with Gasteiger partial charge in [0.15, 0.2) is 0 Å². The molecule has 0 radical (unpaired) electrons. The van der Waals surface area contributed by atoms with Gasteiger partial charge in [-0.15, -0.1) is 0 Å². The van der Waals surface area contributed by atoms with Gasteiger partial charge in [0, 0.05) is 12.1 Å². The van der Waals surface area contributed by atoms with E-state index in [9.17, 15) is 13.2 Å². The maximum Gasteiger partial charge on any atom is 0.416 e. The molecule has 6 heteroatoms. The Labute approximate surface area is 114 Å². The topological polar surface area (TPSA) is 29.9 Å². The van der Waals surface area contributed by atoms with Crippen molar-refractivity contribution in [2.45, 2.75) is 25.6 Å². The van der Waals surface area contributed by atoms with Crippen LogP contribution in [0.3, 0.4) is 0 Å². The van der Waals surface area contributed by atoms with Gasteiger partial charge in [-0.1, -0.05) is 12.1 Å². The van der Waals surface area contributed by atoms with Gasteiger partial charge < -0.3 is 5.32 Å². The molecular formula is C14H14F3N3. The first-order valence-electron chi connectivity index (χ1n) is 6.42. The van der Waals surface area contributed by atoms with E-state index in [1.807, 2.05) is 11.6 Å². The Morgan fingerprint density at radius 3 is 2.60 bits per heavy atom. The molecular weight excluding hydrogens is 267 g/mol. The molecule has 1 aromatic heterocycles. The molecule has 0 fully saturated rings. The van der Waals surface area contributed by atoms with E-state index in [0.29, 0.717) is 0 Å². The van der Waals surface area contributed by atoms with Crippen molar-refractivity contribution in [3.8, 4) is 0 Å². The molecule has 0 spiro atoms. The zero-order valence-corrected chi connectivity index (χ0v) is 10.9. The summed E-state index contributed by atoms with van der Waals surface area (Å²) in [6.07, 6.45) is -1.72. The Hall–Kier alpha value is -1.98. The first kappa shape index (κ1) is 13.0. The highest BCUT2D eigenvalue weighted by atomic mass is 19.4. The number of aromatic nitrogens is 2. The minimum absolute atomic E-state index is 0.0118. The molecule has 3 nitrogen and oxygen atoms in total. The smallest absolute Gasteiger partial charge is 0.370 e. The van der Waals surface area contributed by atoms with E-state index in [4.69, 9.17) is 0 Å². The summed E-state index contributed by atoms with van der Waals surface area (Å²) in [4.78, 5) is 0.